The SMILES string of the molecule is COCCCNC(=O)CN1C(=O)CSC(c2ccccc2Cl)c2c(C(C)(C)C)nn(-c3cccc(Cl)c3)c21. The smallest absolute Gasteiger partial charge is 0.240 e. The second-order valence-corrected chi connectivity index (χ2v) is 12.1. The molecular formula is C28H32Cl2N4O3S. The molecule has 7 nitrogen and oxygen atoms in total. The van der Waals surface area contributed by atoms with Crippen molar-refractivity contribution in [2.24, 2.45) is 0 Å². The van der Waals surface area contributed by atoms with Crippen LogP contribution in [0.2, 0.25) is 10.0 Å². The van der Waals surface area contributed by atoms with E-state index in [9.17, 15) is 9.59 Å². The van der Waals surface area contributed by atoms with Crippen LogP contribution in [0.3, 0.4) is 0 Å². The summed E-state index contributed by atoms with van der Waals surface area (Å²) in [5.74, 6) is 0.309. The second-order valence-electron chi connectivity index (χ2n) is 10.1. The van der Waals surface area contributed by atoms with Crippen LogP contribution >= 0.6 is 35.0 Å². The maximum absolute atomic E-state index is 13.7. The molecule has 0 spiro atoms. The molecule has 10 heteroatoms. The molecule has 1 aromatic heterocycles. The molecule has 0 saturated heterocycles. The Morgan fingerprint density at radius 1 is 1.18 bits per heavy atom. The molecule has 1 atom stereocenters. The van der Waals surface area contributed by atoms with E-state index in [1.807, 2.05) is 36.4 Å². The van der Waals surface area contributed by atoms with Crippen molar-refractivity contribution in [1.82, 2.24) is 15.1 Å². The van der Waals surface area contributed by atoms with Crippen LogP contribution in [0.25, 0.3) is 5.69 Å². The number of aromatic nitrogens is 2. The first-order valence-electron chi connectivity index (χ1n) is 12.4. The Labute approximate surface area is 237 Å². The summed E-state index contributed by atoms with van der Waals surface area (Å²) in [6.45, 7) is 7.13. The lowest BCUT2D eigenvalue weighted by Gasteiger charge is -2.25. The van der Waals surface area contributed by atoms with Crippen molar-refractivity contribution in [3.8, 4) is 5.69 Å². The fourth-order valence-corrected chi connectivity index (χ4v) is 6.17. The number of hydrogen-bond acceptors (Lipinski definition) is 5. The number of nitrogens with zero attached hydrogens (tertiary/aromatic N) is 3. The number of hydrogen-bond donors (Lipinski definition) is 1. The van der Waals surface area contributed by atoms with E-state index in [1.54, 1.807) is 28.8 Å². The number of carbonyl (C=O) groups excluding carboxylic acids is 2. The van der Waals surface area contributed by atoms with Crippen LogP contribution in [0.15, 0.2) is 48.5 Å². The van der Waals surface area contributed by atoms with Gasteiger partial charge in [-0.1, -0.05) is 68.2 Å². The Morgan fingerprint density at radius 3 is 2.63 bits per heavy atom. The van der Waals surface area contributed by atoms with Gasteiger partial charge < -0.3 is 10.1 Å². The number of carbonyl (C=O) groups is 2. The molecule has 0 bridgehead atoms. The van der Waals surface area contributed by atoms with Crippen LogP contribution in [0.4, 0.5) is 5.82 Å². The van der Waals surface area contributed by atoms with E-state index >= 15 is 0 Å². The van der Waals surface area contributed by atoms with E-state index in [0.29, 0.717) is 41.1 Å². The molecule has 0 radical (unpaired) electrons. The van der Waals surface area contributed by atoms with Gasteiger partial charge in [0, 0.05) is 41.3 Å². The average Bonchev–Trinajstić information content (AvgIpc) is 3.21. The molecule has 1 unspecified atom stereocenters. The summed E-state index contributed by atoms with van der Waals surface area (Å²) in [6.07, 6.45) is 0.681. The number of anilines is 1. The van der Waals surface area contributed by atoms with Crippen molar-refractivity contribution in [1.29, 1.82) is 0 Å². The van der Waals surface area contributed by atoms with Gasteiger partial charge in [-0.15, -0.1) is 11.8 Å². The van der Waals surface area contributed by atoms with E-state index < -0.39 is 0 Å². The summed E-state index contributed by atoms with van der Waals surface area (Å²) in [4.78, 5) is 28.2. The Balaban J connectivity index is 1.92. The molecule has 3 aromatic rings. The Kier molecular flexibility index (Phi) is 9.08. The average molecular weight is 576 g/mol. The maximum Gasteiger partial charge on any atom is 0.240 e. The first kappa shape index (κ1) is 28.5. The normalized spacial score (nSPS) is 15.8. The fourth-order valence-electron chi connectivity index (χ4n) is 4.44. The molecule has 202 valence electrons. The predicted molar refractivity (Wildman–Crippen MR) is 155 cm³/mol. The molecule has 2 amide bonds. The number of rotatable bonds is 8. The highest BCUT2D eigenvalue weighted by Gasteiger charge is 2.40. The van der Waals surface area contributed by atoms with Gasteiger partial charge >= 0.3 is 0 Å². The van der Waals surface area contributed by atoms with E-state index in [1.165, 1.54) is 11.8 Å². The van der Waals surface area contributed by atoms with Gasteiger partial charge in [0.1, 0.15) is 12.4 Å². The molecule has 1 aliphatic heterocycles. The van der Waals surface area contributed by atoms with Crippen LogP contribution in [-0.2, 0) is 19.7 Å². The third-order valence-electron chi connectivity index (χ3n) is 6.19. The quantitative estimate of drug-likeness (QED) is 0.344. The van der Waals surface area contributed by atoms with Crippen LogP contribution in [0, 0.1) is 0 Å². The third-order valence-corrected chi connectivity index (χ3v) is 8.00. The number of benzene rings is 2. The molecule has 0 saturated carbocycles. The predicted octanol–water partition coefficient (Wildman–Crippen LogP) is 5.80. The van der Waals surface area contributed by atoms with Gasteiger partial charge in [-0.25, -0.2) is 4.68 Å². The lowest BCUT2D eigenvalue weighted by atomic mass is 9.87. The van der Waals surface area contributed by atoms with Crippen molar-refractivity contribution >= 4 is 52.6 Å². The Bertz CT molecular complexity index is 1320. The topological polar surface area (TPSA) is 76.5 Å². The first-order chi connectivity index (χ1) is 18.1. The van der Waals surface area contributed by atoms with Crippen LogP contribution in [0.1, 0.15) is 49.3 Å². The standard InChI is InChI=1S/C28H32Cl2N4O3S/c1-28(2,3)26-24-25(20-11-5-6-12-21(20)30)38-17-23(36)33(16-22(35)31-13-8-14-37-4)27(24)34(32-26)19-10-7-9-18(29)15-19/h5-7,9-12,15,25H,8,13-14,16-17H2,1-4H3,(H,31,35). The zero-order valence-corrected chi connectivity index (χ0v) is 24.3. The summed E-state index contributed by atoms with van der Waals surface area (Å²) < 4.78 is 6.82. The molecule has 1 aliphatic rings. The minimum absolute atomic E-state index is 0.134. The summed E-state index contributed by atoms with van der Waals surface area (Å²) in [7, 11) is 1.62. The second kappa shape index (κ2) is 12.1. The van der Waals surface area contributed by atoms with Crippen molar-refractivity contribution in [3.63, 3.8) is 0 Å². The summed E-state index contributed by atoms with van der Waals surface area (Å²) >= 11 is 14.6. The number of amides is 2. The van der Waals surface area contributed by atoms with Crippen LogP contribution in [-0.4, -0.2) is 54.2 Å². The van der Waals surface area contributed by atoms with Crippen molar-refractivity contribution in [3.05, 3.63) is 75.4 Å². The van der Waals surface area contributed by atoms with Gasteiger partial charge in [-0.2, -0.15) is 5.10 Å². The highest BCUT2D eigenvalue weighted by molar-refractivity contribution is 8.00. The van der Waals surface area contributed by atoms with E-state index in [-0.39, 0.29) is 34.8 Å². The monoisotopic (exact) mass is 574 g/mol. The van der Waals surface area contributed by atoms with E-state index in [2.05, 4.69) is 26.1 Å². The fraction of sp³-hybridized carbons (Fsp3) is 0.393. The molecule has 1 N–H and O–H groups in total. The lowest BCUT2D eigenvalue weighted by molar-refractivity contribution is -0.122. The number of thioether (sulfide) groups is 1. The molecule has 4 rings (SSSR count). The minimum Gasteiger partial charge on any atom is -0.385 e. The molecule has 2 aromatic carbocycles. The van der Waals surface area contributed by atoms with Gasteiger partial charge in [0.2, 0.25) is 11.8 Å². The van der Waals surface area contributed by atoms with E-state index in [4.69, 9.17) is 33.0 Å². The third kappa shape index (κ3) is 6.20. The van der Waals surface area contributed by atoms with Crippen molar-refractivity contribution < 1.29 is 14.3 Å². The molecular weight excluding hydrogens is 543 g/mol. The molecule has 38 heavy (non-hydrogen) atoms. The van der Waals surface area contributed by atoms with Gasteiger partial charge in [0.15, 0.2) is 0 Å². The zero-order valence-electron chi connectivity index (χ0n) is 22.0. The van der Waals surface area contributed by atoms with Gasteiger partial charge in [0.05, 0.1) is 22.4 Å². The zero-order chi connectivity index (χ0) is 27.4. The number of methoxy groups -OCH3 is 1. The largest absolute Gasteiger partial charge is 0.385 e. The summed E-state index contributed by atoms with van der Waals surface area (Å²) in [6, 6.07) is 15.0. The number of fused-ring (bicyclic) bond motifs is 1. The molecule has 0 aliphatic carbocycles. The number of nitrogens with one attached hydrogen (secondary N) is 1. The lowest BCUT2D eigenvalue weighted by Crippen LogP contribution is -2.42. The number of halogens is 2. The van der Waals surface area contributed by atoms with Gasteiger partial charge in [-0.05, 0) is 36.2 Å². The minimum atomic E-state index is -0.366. The summed E-state index contributed by atoms with van der Waals surface area (Å²) in [5.41, 5.74) is 2.93. The molecule has 0 fully saturated rings. The maximum atomic E-state index is 13.7. The van der Waals surface area contributed by atoms with Crippen molar-refractivity contribution in [2.45, 2.75) is 37.9 Å². The van der Waals surface area contributed by atoms with Crippen molar-refractivity contribution in [2.75, 3.05) is 37.5 Å². The summed E-state index contributed by atoms with van der Waals surface area (Å²) in [5, 5.41) is 8.86. The highest BCUT2D eigenvalue weighted by Crippen LogP contribution is 2.49. The Morgan fingerprint density at radius 2 is 1.95 bits per heavy atom. The molecule has 2 heterocycles. The van der Waals surface area contributed by atoms with Crippen LogP contribution in [0.5, 0.6) is 0 Å². The van der Waals surface area contributed by atoms with Gasteiger partial charge in [0.25, 0.3) is 0 Å². The van der Waals surface area contributed by atoms with E-state index in [0.717, 1.165) is 16.8 Å². The highest BCUT2D eigenvalue weighted by atomic mass is 35.5. The number of ether oxygens (including phenoxy) is 1. The van der Waals surface area contributed by atoms with Gasteiger partial charge in [-0.3, -0.25) is 14.5 Å². The van der Waals surface area contributed by atoms with Crippen LogP contribution < -0.4 is 10.2 Å². The Hall–Kier alpha value is -2.52. The first-order valence-corrected chi connectivity index (χ1v) is 14.2.